The molecule has 0 saturated heterocycles. The number of carbonyl (C=O) groups excluding carboxylic acids is 4. The molecule has 5 rings (SSSR count). The predicted molar refractivity (Wildman–Crippen MR) is 199 cm³/mol. The quantitative estimate of drug-likeness (QED) is 0.0734. The van der Waals surface area contributed by atoms with Crippen molar-refractivity contribution in [3.63, 3.8) is 0 Å². The minimum absolute atomic E-state index is 0.104. The van der Waals surface area contributed by atoms with E-state index in [2.05, 4.69) is 5.32 Å². The normalized spacial score (nSPS) is 16.8. The van der Waals surface area contributed by atoms with Crippen LogP contribution in [0.25, 0.3) is 0 Å². The van der Waals surface area contributed by atoms with E-state index in [4.69, 9.17) is 22.1 Å². The van der Waals surface area contributed by atoms with E-state index in [0.29, 0.717) is 36.7 Å². The molecular formula is C39H45ClN3O8P. The van der Waals surface area contributed by atoms with E-state index >= 15 is 0 Å². The van der Waals surface area contributed by atoms with Crippen molar-refractivity contribution in [2.75, 3.05) is 19.0 Å². The number of nitrogens with two attached hydrogens (primary N) is 1. The van der Waals surface area contributed by atoms with Crippen molar-refractivity contribution in [2.24, 2.45) is 11.7 Å². The Morgan fingerprint density at radius 3 is 2.33 bits per heavy atom. The number of Topliss-reactive ketones (excluding diaryl/α,β-unsaturated/α-hetero) is 1. The highest BCUT2D eigenvalue weighted by Crippen LogP contribution is 2.53. The summed E-state index contributed by atoms with van der Waals surface area (Å²) >= 11 is 5.88. The second-order valence-electron chi connectivity index (χ2n) is 13.6. The van der Waals surface area contributed by atoms with Gasteiger partial charge in [-0.3, -0.25) is 19.2 Å². The van der Waals surface area contributed by atoms with Gasteiger partial charge in [0.05, 0.1) is 23.8 Å². The molecule has 3 aromatic carbocycles. The SMILES string of the molecule is CC(NC(=O)c1ccc(C(C)(C2=CC(=O)c3ccccc3C2=O)N(CCCCCl)P(=O)(O)O)cc1)c1ccc(OCC2CCCCC2)c(C(N)=O)c1. The first-order chi connectivity index (χ1) is 24.7. The van der Waals surface area contributed by atoms with Crippen molar-refractivity contribution >= 4 is 42.7 Å². The first-order valence-corrected chi connectivity index (χ1v) is 19.6. The number of fused-ring (bicyclic) bond motifs is 1. The molecule has 13 heteroatoms. The van der Waals surface area contributed by atoms with E-state index in [-0.39, 0.29) is 45.8 Å². The first-order valence-electron chi connectivity index (χ1n) is 17.5. The summed E-state index contributed by atoms with van der Waals surface area (Å²) < 4.78 is 20.0. The lowest BCUT2D eigenvalue weighted by Gasteiger charge is -2.43. The number of ketones is 2. The zero-order valence-corrected chi connectivity index (χ0v) is 31.0. The van der Waals surface area contributed by atoms with E-state index in [1.807, 2.05) is 0 Å². The summed E-state index contributed by atoms with van der Waals surface area (Å²) in [6, 6.07) is 16.9. The fraction of sp³-hybridized carbons (Fsp3) is 0.385. The van der Waals surface area contributed by atoms with Crippen LogP contribution in [0.15, 0.2) is 78.4 Å². The number of halogens is 1. The second-order valence-corrected chi connectivity index (χ2v) is 15.5. The molecular weight excluding hydrogens is 705 g/mol. The van der Waals surface area contributed by atoms with Gasteiger partial charge in [-0.1, -0.05) is 61.7 Å². The lowest BCUT2D eigenvalue weighted by molar-refractivity contribution is 0.0931. The number of primary amides is 1. The number of rotatable bonds is 15. The Hall–Kier alpha value is -4.12. The van der Waals surface area contributed by atoms with Crippen LogP contribution in [0.1, 0.15) is 117 Å². The summed E-state index contributed by atoms with van der Waals surface area (Å²) in [4.78, 5) is 74.3. The van der Waals surface area contributed by atoms with E-state index in [1.54, 1.807) is 37.3 Å². The molecule has 2 atom stereocenters. The predicted octanol–water partition coefficient (Wildman–Crippen LogP) is 6.87. The van der Waals surface area contributed by atoms with Gasteiger partial charge in [0.25, 0.3) is 11.8 Å². The molecule has 2 aliphatic carbocycles. The van der Waals surface area contributed by atoms with Gasteiger partial charge in [-0.25, -0.2) is 4.57 Å². The summed E-state index contributed by atoms with van der Waals surface area (Å²) in [5.74, 6) is -0.981. The van der Waals surface area contributed by atoms with Crippen molar-refractivity contribution in [3.8, 4) is 5.75 Å². The Labute approximate surface area is 308 Å². The molecule has 52 heavy (non-hydrogen) atoms. The van der Waals surface area contributed by atoms with E-state index in [0.717, 1.165) is 23.6 Å². The van der Waals surface area contributed by atoms with Gasteiger partial charge in [0.1, 0.15) is 5.75 Å². The zero-order valence-electron chi connectivity index (χ0n) is 29.3. The van der Waals surface area contributed by atoms with Gasteiger partial charge < -0.3 is 25.6 Å². The molecule has 2 amide bonds. The molecule has 0 heterocycles. The van der Waals surface area contributed by atoms with Gasteiger partial charge in [-0.05, 0) is 86.9 Å². The highest BCUT2D eigenvalue weighted by molar-refractivity contribution is 7.49. The number of carbonyl (C=O) groups is 4. The van der Waals surface area contributed by atoms with Crippen molar-refractivity contribution in [1.82, 2.24) is 9.99 Å². The highest BCUT2D eigenvalue weighted by Gasteiger charge is 2.49. The summed E-state index contributed by atoms with van der Waals surface area (Å²) in [5, 5.41) is 2.92. The number of amides is 2. The average Bonchev–Trinajstić information content (AvgIpc) is 3.13. The monoisotopic (exact) mass is 749 g/mol. The number of alkyl halides is 1. The average molecular weight is 750 g/mol. The number of hydrogen-bond donors (Lipinski definition) is 4. The standard InChI is InChI=1S/C39H45ClN3O8P/c1-25(28-16-19-35(32(22-28)37(41)46)51-24-26-10-4-3-5-11-26)42-38(47)27-14-17-29(18-15-27)39(2,43(52(48,49)50)21-9-8-20-40)33-23-34(44)30-12-6-7-13-31(30)36(33)45/h6-7,12-19,22-23,25-26H,3-5,8-11,20-21,24H2,1-2H3,(H2,41,46)(H,42,47)(H2,48,49,50). The number of nitrogens with zero attached hydrogens (tertiary/aromatic N) is 1. The number of allylic oxidation sites excluding steroid dienone is 1. The van der Waals surface area contributed by atoms with Crippen LogP contribution in [-0.2, 0) is 10.1 Å². The zero-order chi connectivity index (χ0) is 37.6. The maximum absolute atomic E-state index is 13.9. The van der Waals surface area contributed by atoms with E-state index in [9.17, 15) is 33.5 Å². The van der Waals surface area contributed by atoms with Crippen molar-refractivity contribution in [2.45, 2.75) is 70.4 Å². The summed E-state index contributed by atoms with van der Waals surface area (Å²) in [5.41, 5.74) is 5.54. The number of hydrogen-bond acceptors (Lipinski definition) is 6. The first kappa shape index (κ1) is 39.1. The smallest absolute Gasteiger partial charge is 0.404 e. The minimum atomic E-state index is -5.05. The Morgan fingerprint density at radius 2 is 1.69 bits per heavy atom. The van der Waals surface area contributed by atoms with Crippen LogP contribution in [0, 0.1) is 5.92 Å². The molecule has 2 unspecified atom stereocenters. The number of unbranched alkanes of at least 4 members (excludes halogenated alkanes) is 1. The van der Waals surface area contributed by atoms with Gasteiger partial charge in [-0.15, -0.1) is 11.6 Å². The van der Waals surface area contributed by atoms with Gasteiger partial charge in [0.2, 0.25) is 0 Å². The molecule has 0 bridgehead atoms. The minimum Gasteiger partial charge on any atom is -0.492 e. The third-order valence-electron chi connectivity index (χ3n) is 10.1. The Balaban J connectivity index is 1.41. The van der Waals surface area contributed by atoms with Gasteiger partial charge in [0, 0.05) is 34.7 Å². The molecule has 0 spiro atoms. The van der Waals surface area contributed by atoms with Crippen molar-refractivity contribution in [3.05, 3.63) is 112 Å². The summed E-state index contributed by atoms with van der Waals surface area (Å²) in [6.07, 6.45) is 7.66. The molecule has 5 N–H and O–H groups in total. The van der Waals surface area contributed by atoms with Crippen molar-refractivity contribution < 1.29 is 38.3 Å². The van der Waals surface area contributed by atoms with Gasteiger partial charge >= 0.3 is 7.75 Å². The van der Waals surface area contributed by atoms with Crippen molar-refractivity contribution in [1.29, 1.82) is 0 Å². The highest BCUT2D eigenvalue weighted by atomic mass is 35.5. The number of nitrogens with one attached hydrogen (secondary N) is 1. The van der Waals surface area contributed by atoms with Gasteiger partial charge in [0.15, 0.2) is 11.6 Å². The molecule has 1 saturated carbocycles. The van der Waals surface area contributed by atoms with E-state index in [1.165, 1.54) is 62.6 Å². The number of ether oxygens (including phenoxy) is 1. The molecule has 1 fully saturated rings. The maximum Gasteiger partial charge on any atom is 0.404 e. The Morgan fingerprint density at radius 1 is 1.02 bits per heavy atom. The lowest BCUT2D eigenvalue weighted by atomic mass is 9.76. The van der Waals surface area contributed by atoms with Gasteiger partial charge in [-0.2, -0.15) is 4.67 Å². The molecule has 276 valence electrons. The lowest BCUT2D eigenvalue weighted by Crippen LogP contribution is -2.47. The Kier molecular flexibility index (Phi) is 12.6. The van der Waals surface area contributed by atoms with Crippen LogP contribution in [0.5, 0.6) is 5.75 Å². The topological polar surface area (TPSA) is 176 Å². The van der Waals surface area contributed by atoms with Crippen LogP contribution in [0.2, 0.25) is 0 Å². The van der Waals surface area contributed by atoms with Crippen LogP contribution in [-0.4, -0.2) is 56.9 Å². The Bertz CT molecular complexity index is 1900. The van der Waals surface area contributed by atoms with Crippen LogP contribution >= 0.6 is 19.3 Å². The molecule has 2 aliphatic rings. The largest absolute Gasteiger partial charge is 0.492 e. The fourth-order valence-electron chi connectivity index (χ4n) is 7.10. The third-order valence-corrected chi connectivity index (χ3v) is 11.6. The van der Waals surface area contributed by atoms with Crippen LogP contribution in [0.3, 0.4) is 0 Å². The fourth-order valence-corrected chi connectivity index (χ4v) is 8.43. The molecule has 0 aromatic heterocycles. The maximum atomic E-state index is 13.9. The molecule has 0 aliphatic heterocycles. The van der Waals surface area contributed by atoms with Crippen LogP contribution in [0.4, 0.5) is 0 Å². The second kappa shape index (κ2) is 16.7. The van der Waals surface area contributed by atoms with E-state index < -0.39 is 42.7 Å². The third kappa shape index (κ3) is 8.56. The number of benzene rings is 3. The van der Waals surface area contributed by atoms with Crippen LogP contribution < -0.4 is 15.8 Å². The molecule has 11 nitrogen and oxygen atoms in total. The molecule has 0 radical (unpaired) electrons. The summed E-state index contributed by atoms with van der Waals surface area (Å²) in [7, 11) is -5.05. The summed E-state index contributed by atoms with van der Waals surface area (Å²) in [6.45, 7) is 3.63. The molecule has 3 aromatic rings.